The van der Waals surface area contributed by atoms with Crippen LogP contribution in [0.5, 0.6) is 5.75 Å². The molecule has 1 atom stereocenters. The fraction of sp³-hybridized carbons (Fsp3) is 0.467. The van der Waals surface area contributed by atoms with E-state index in [-0.39, 0.29) is 12.3 Å². The Kier molecular flexibility index (Phi) is 7.25. The van der Waals surface area contributed by atoms with Crippen molar-refractivity contribution < 1.29 is 24.2 Å². The van der Waals surface area contributed by atoms with Crippen molar-refractivity contribution in [3.05, 3.63) is 29.8 Å². The van der Waals surface area contributed by atoms with Crippen LogP contribution in [0.3, 0.4) is 0 Å². The zero-order chi connectivity index (χ0) is 15.7. The molecule has 0 radical (unpaired) electrons. The lowest BCUT2D eigenvalue weighted by Crippen LogP contribution is -2.33. The first-order valence-electron chi connectivity index (χ1n) is 6.73. The van der Waals surface area contributed by atoms with Crippen molar-refractivity contribution in [2.24, 2.45) is 0 Å². The highest BCUT2D eigenvalue weighted by Gasteiger charge is 2.21. The third kappa shape index (κ3) is 5.83. The van der Waals surface area contributed by atoms with Crippen LogP contribution in [0.2, 0.25) is 0 Å². The molecule has 1 rings (SSSR count). The number of benzene rings is 1. The molecule has 0 aromatic heterocycles. The molecule has 0 fully saturated rings. The van der Waals surface area contributed by atoms with Gasteiger partial charge in [0.25, 0.3) is 0 Å². The fourth-order valence-electron chi connectivity index (χ4n) is 1.85. The maximum Gasteiger partial charge on any atom is 0.330 e. The van der Waals surface area contributed by atoms with Crippen molar-refractivity contribution in [1.29, 1.82) is 0 Å². The summed E-state index contributed by atoms with van der Waals surface area (Å²) in [5.41, 5.74) is 0.508. The van der Waals surface area contributed by atoms with E-state index in [4.69, 9.17) is 9.47 Å². The second-order valence-electron chi connectivity index (χ2n) is 4.56. The summed E-state index contributed by atoms with van der Waals surface area (Å²) in [6.07, 6.45) is 1.71. The molecule has 2 N–H and O–H groups in total. The molecule has 0 saturated heterocycles. The summed E-state index contributed by atoms with van der Waals surface area (Å²) < 4.78 is 9.92. The Morgan fingerprint density at radius 1 is 1.19 bits per heavy atom. The molecule has 0 heterocycles. The van der Waals surface area contributed by atoms with Crippen LogP contribution in [-0.2, 0) is 14.3 Å². The molecular weight excluding hydrogens is 274 g/mol. The summed E-state index contributed by atoms with van der Waals surface area (Å²) in [7, 11) is 3.13. The van der Waals surface area contributed by atoms with Gasteiger partial charge in [0.15, 0.2) is 6.04 Å². The summed E-state index contributed by atoms with van der Waals surface area (Å²) >= 11 is 0. The first-order chi connectivity index (χ1) is 10.1. The van der Waals surface area contributed by atoms with Gasteiger partial charge in [0.1, 0.15) is 5.75 Å². The predicted octanol–water partition coefficient (Wildman–Crippen LogP) is 1.75. The quantitative estimate of drug-likeness (QED) is 0.678. The number of carbonyl (C=O) groups excluding carboxylic acids is 1. The van der Waals surface area contributed by atoms with Crippen molar-refractivity contribution in [2.75, 3.05) is 20.8 Å². The summed E-state index contributed by atoms with van der Waals surface area (Å²) in [5.74, 6) is -0.742. The Hall–Kier alpha value is -2.08. The van der Waals surface area contributed by atoms with Crippen LogP contribution in [-0.4, -0.2) is 37.8 Å². The molecule has 6 heteroatoms. The number of amides is 1. The average Bonchev–Trinajstić information content (AvgIpc) is 2.49. The van der Waals surface area contributed by atoms with Gasteiger partial charge in [-0.25, -0.2) is 4.79 Å². The smallest absolute Gasteiger partial charge is 0.330 e. The van der Waals surface area contributed by atoms with Crippen LogP contribution < -0.4 is 10.1 Å². The number of methoxy groups -OCH3 is 2. The molecule has 116 valence electrons. The van der Waals surface area contributed by atoms with Gasteiger partial charge in [-0.2, -0.15) is 0 Å². The lowest BCUT2D eigenvalue weighted by atomic mass is 10.1. The second kappa shape index (κ2) is 8.97. The molecule has 0 spiro atoms. The normalized spacial score (nSPS) is 11.7. The van der Waals surface area contributed by atoms with Gasteiger partial charge in [-0.05, 0) is 30.5 Å². The monoisotopic (exact) mass is 295 g/mol. The maximum atomic E-state index is 11.8. The molecular formula is C15H21NO5. The second-order valence-corrected chi connectivity index (χ2v) is 4.56. The summed E-state index contributed by atoms with van der Waals surface area (Å²) in [6.45, 7) is 0.591. The van der Waals surface area contributed by atoms with Crippen LogP contribution in [0, 0.1) is 0 Å². The Labute approximate surface area is 124 Å². The van der Waals surface area contributed by atoms with Crippen LogP contribution in [0.15, 0.2) is 24.3 Å². The SMILES string of the molecule is COCCCCC(=O)NC(C(=O)O)c1ccc(OC)cc1. The number of rotatable bonds is 9. The number of hydrogen-bond acceptors (Lipinski definition) is 4. The standard InChI is InChI=1S/C15H21NO5/c1-20-10-4-3-5-13(17)16-14(15(18)19)11-6-8-12(21-2)9-7-11/h6-9,14H,3-5,10H2,1-2H3,(H,16,17)(H,18,19). The van der Waals surface area contributed by atoms with Crippen molar-refractivity contribution in [3.63, 3.8) is 0 Å². The molecule has 0 aliphatic rings. The van der Waals surface area contributed by atoms with Gasteiger partial charge in [-0.3, -0.25) is 4.79 Å². The van der Waals surface area contributed by atoms with Gasteiger partial charge in [0.05, 0.1) is 7.11 Å². The largest absolute Gasteiger partial charge is 0.497 e. The molecule has 1 unspecified atom stereocenters. The number of carbonyl (C=O) groups is 2. The predicted molar refractivity (Wildman–Crippen MR) is 77.2 cm³/mol. The number of carboxylic acid groups (broad SMARTS) is 1. The summed E-state index contributed by atoms with van der Waals surface area (Å²) in [6, 6.07) is 5.53. The minimum Gasteiger partial charge on any atom is -0.497 e. The van der Waals surface area contributed by atoms with Crippen molar-refractivity contribution in [3.8, 4) is 5.75 Å². The Morgan fingerprint density at radius 3 is 2.38 bits per heavy atom. The number of unbranched alkanes of at least 4 members (excludes halogenated alkanes) is 1. The zero-order valence-electron chi connectivity index (χ0n) is 12.3. The number of carboxylic acids is 1. The molecule has 1 amide bonds. The zero-order valence-corrected chi connectivity index (χ0v) is 12.3. The van der Waals surface area contributed by atoms with Crippen molar-refractivity contribution in [2.45, 2.75) is 25.3 Å². The molecule has 21 heavy (non-hydrogen) atoms. The lowest BCUT2D eigenvalue weighted by Gasteiger charge is -2.15. The molecule has 1 aromatic rings. The first-order valence-corrected chi connectivity index (χ1v) is 6.73. The summed E-state index contributed by atoms with van der Waals surface area (Å²) in [5, 5.41) is 11.8. The maximum absolute atomic E-state index is 11.8. The Balaban J connectivity index is 2.60. The third-order valence-electron chi connectivity index (χ3n) is 3.00. The molecule has 1 aromatic carbocycles. The van der Waals surface area contributed by atoms with Crippen LogP contribution in [0.25, 0.3) is 0 Å². The molecule has 0 aliphatic heterocycles. The number of ether oxygens (including phenoxy) is 2. The van der Waals surface area contributed by atoms with Crippen LogP contribution in [0.4, 0.5) is 0 Å². The highest BCUT2D eigenvalue weighted by Crippen LogP contribution is 2.18. The van der Waals surface area contributed by atoms with Crippen LogP contribution in [0.1, 0.15) is 30.9 Å². The summed E-state index contributed by atoms with van der Waals surface area (Å²) in [4.78, 5) is 23.1. The van der Waals surface area contributed by atoms with Crippen molar-refractivity contribution in [1.82, 2.24) is 5.32 Å². The van der Waals surface area contributed by atoms with E-state index in [0.29, 0.717) is 24.3 Å². The molecule has 0 saturated carbocycles. The topological polar surface area (TPSA) is 84.9 Å². The van der Waals surface area contributed by atoms with Gasteiger partial charge in [0.2, 0.25) is 5.91 Å². The van der Waals surface area contributed by atoms with Gasteiger partial charge in [0, 0.05) is 20.1 Å². The third-order valence-corrected chi connectivity index (χ3v) is 3.00. The van der Waals surface area contributed by atoms with Gasteiger partial charge >= 0.3 is 5.97 Å². The van der Waals surface area contributed by atoms with Gasteiger partial charge in [-0.1, -0.05) is 12.1 Å². The Bertz CT molecular complexity index is 458. The molecule has 6 nitrogen and oxygen atoms in total. The van der Waals surface area contributed by atoms with Gasteiger partial charge < -0.3 is 19.9 Å². The average molecular weight is 295 g/mol. The van der Waals surface area contributed by atoms with E-state index in [1.165, 1.54) is 7.11 Å². The van der Waals surface area contributed by atoms with E-state index in [1.807, 2.05) is 0 Å². The van der Waals surface area contributed by atoms with E-state index >= 15 is 0 Å². The minimum atomic E-state index is -1.09. The molecule has 0 bridgehead atoms. The molecule has 0 aliphatic carbocycles. The van der Waals surface area contributed by atoms with Crippen LogP contribution >= 0.6 is 0 Å². The minimum absolute atomic E-state index is 0.281. The number of aliphatic carboxylic acids is 1. The van der Waals surface area contributed by atoms with E-state index in [0.717, 1.165) is 6.42 Å². The van der Waals surface area contributed by atoms with Gasteiger partial charge in [-0.15, -0.1) is 0 Å². The number of hydrogen-bond donors (Lipinski definition) is 2. The lowest BCUT2D eigenvalue weighted by molar-refractivity contribution is -0.142. The van der Waals surface area contributed by atoms with E-state index < -0.39 is 12.0 Å². The van der Waals surface area contributed by atoms with E-state index in [9.17, 15) is 14.7 Å². The van der Waals surface area contributed by atoms with E-state index in [1.54, 1.807) is 31.4 Å². The Morgan fingerprint density at radius 2 is 1.86 bits per heavy atom. The van der Waals surface area contributed by atoms with E-state index in [2.05, 4.69) is 5.32 Å². The highest BCUT2D eigenvalue weighted by atomic mass is 16.5. The number of nitrogens with one attached hydrogen (secondary N) is 1. The van der Waals surface area contributed by atoms with Crippen molar-refractivity contribution >= 4 is 11.9 Å². The fourth-order valence-corrected chi connectivity index (χ4v) is 1.85. The first kappa shape index (κ1) is 17.0. The highest BCUT2D eigenvalue weighted by molar-refractivity contribution is 5.84.